The summed E-state index contributed by atoms with van der Waals surface area (Å²) in [6, 6.07) is 3.86. The number of aromatic nitrogens is 1. The molecule has 2 N–H and O–H groups in total. The third-order valence-corrected chi connectivity index (χ3v) is 1.68. The molecule has 0 aliphatic rings. The molecule has 2 nitrogen and oxygen atoms in total. The Kier molecular flexibility index (Phi) is 2.47. The number of rotatable bonds is 2. The molecule has 0 spiro atoms. The van der Waals surface area contributed by atoms with E-state index in [9.17, 15) is 0 Å². The minimum atomic E-state index is 0.828. The molecule has 0 atom stereocenters. The Morgan fingerprint density at radius 3 is 2.00 bits per heavy atom. The van der Waals surface area contributed by atoms with E-state index in [1.807, 2.05) is 12.1 Å². The molecule has 0 unspecified atom stereocenters. The van der Waals surface area contributed by atoms with Crippen molar-refractivity contribution >= 4 is 5.69 Å². The number of aryl methyl sites for hydroxylation is 2. The molecule has 0 aliphatic carbocycles. The van der Waals surface area contributed by atoms with Crippen LogP contribution in [-0.2, 0) is 12.8 Å². The molecular weight excluding hydrogens is 136 g/mol. The Morgan fingerprint density at radius 2 is 1.64 bits per heavy atom. The van der Waals surface area contributed by atoms with Gasteiger partial charge in [0.1, 0.15) is 0 Å². The predicted molar refractivity (Wildman–Crippen MR) is 47.4 cm³/mol. The molecule has 1 aromatic heterocycles. The molecule has 1 rings (SSSR count). The van der Waals surface area contributed by atoms with Gasteiger partial charge in [-0.15, -0.1) is 0 Å². The largest absolute Gasteiger partial charge is 0.399 e. The summed E-state index contributed by atoms with van der Waals surface area (Å²) in [6.45, 7) is 4.17. The SMILES string of the molecule is CCc1cc(N)cc(CC)n1. The Morgan fingerprint density at radius 1 is 1.18 bits per heavy atom. The Labute approximate surface area is 67.5 Å². The van der Waals surface area contributed by atoms with Gasteiger partial charge in [-0.2, -0.15) is 0 Å². The molecule has 0 fully saturated rings. The quantitative estimate of drug-likeness (QED) is 0.698. The van der Waals surface area contributed by atoms with Gasteiger partial charge in [-0.25, -0.2) is 0 Å². The van der Waals surface area contributed by atoms with Crippen LogP contribution in [0.4, 0.5) is 5.69 Å². The Hall–Kier alpha value is -1.05. The van der Waals surface area contributed by atoms with Crippen molar-refractivity contribution in [2.75, 3.05) is 5.73 Å². The minimum Gasteiger partial charge on any atom is -0.399 e. The summed E-state index contributed by atoms with van der Waals surface area (Å²) in [5, 5.41) is 0. The van der Waals surface area contributed by atoms with Gasteiger partial charge in [0.15, 0.2) is 0 Å². The fourth-order valence-electron chi connectivity index (χ4n) is 1.04. The number of hydrogen-bond acceptors (Lipinski definition) is 2. The van der Waals surface area contributed by atoms with Gasteiger partial charge in [0.05, 0.1) is 0 Å². The summed E-state index contributed by atoms with van der Waals surface area (Å²) < 4.78 is 0. The normalized spacial score (nSPS) is 10.0. The van der Waals surface area contributed by atoms with E-state index >= 15 is 0 Å². The molecule has 11 heavy (non-hydrogen) atoms. The predicted octanol–water partition coefficient (Wildman–Crippen LogP) is 1.79. The van der Waals surface area contributed by atoms with E-state index in [0.29, 0.717) is 0 Å². The zero-order valence-corrected chi connectivity index (χ0v) is 7.09. The lowest BCUT2D eigenvalue weighted by Crippen LogP contribution is -1.96. The summed E-state index contributed by atoms with van der Waals surface area (Å²) in [7, 11) is 0. The van der Waals surface area contributed by atoms with Crippen LogP contribution >= 0.6 is 0 Å². The van der Waals surface area contributed by atoms with Crippen LogP contribution in [0.15, 0.2) is 12.1 Å². The Bertz CT molecular complexity index is 221. The van der Waals surface area contributed by atoms with Crippen molar-refractivity contribution in [1.29, 1.82) is 0 Å². The molecule has 0 saturated heterocycles. The van der Waals surface area contributed by atoms with Gasteiger partial charge in [-0.05, 0) is 25.0 Å². The zero-order valence-electron chi connectivity index (χ0n) is 7.09. The van der Waals surface area contributed by atoms with Crippen LogP contribution < -0.4 is 5.73 Å². The van der Waals surface area contributed by atoms with Gasteiger partial charge < -0.3 is 5.73 Å². The van der Waals surface area contributed by atoms with Crippen LogP contribution in [0.25, 0.3) is 0 Å². The second kappa shape index (κ2) is 3.37. The van der Waals surface area contributed by atoms with Crippen LogP contribution in [-0.4, -0.2) is 4.98 Å². The lowest BCUT2D eigenvalue weighted by atomic mass is 10.2. The van der Waals surface area contributed by atoms with Crippen LogP contribution in [0.5, 0.6) is 0 Å². The van der Waals surface area contributed by atoms with E-state index in [1.54, 1.807) is 0 Å². The first-order chi connectivity index (χ1) is 5.26. The summed E-state index contributed by atoms with van der Waals surface area (Å²) in [6.07, 6.45) is 1.91. The summed E-state index contributed by atoms with van der Waals surface area (Å²) >= 11 is 0. The standard InChI is InChI=1S/C9H14N2/c1-3-8-5-7(10)6-9(4-2)11-8/h5-6H,3-4H2,1-2H3,(H2,10,11). The topological polar surface area (TPSA) is 38.9 Å². The van der Waals surface area contributed by atoms with Gasteiger partial charge in [0.25, 0.3) is 0 Å². The van der Waals surface area contributed by atoms with E-state index in [-0.39, 0.29) is 0 Å². The molecule has 0 saturated carbocycles. The van der Waals surface area contributed by atoms with Crippen molar-refractivity contribution in [2.45, 2.75) is 26.7 Å². The lowest BCUT2D eigenvalue weighted by Gasteiger charge is -2.01. The first kappa shape index (κ1) is 8.05. The van der Waals surface area contributed by atoms with Crippen molar-refractivity contribution in [3.63, 3.8) is 0 Å². The number of nitrogen functional groups attached to an aromatic ring is 1. The monoisotopic (exact) mass is 150 g/mol. The van der Waals surface area contributed by atoms with E-state index in [4.69, 9.17) is 5.73 Å². The van der Waals surface area contributed by atoms with Crippen LogP contribution in [0.1, 0.15) is 25.2 Å². The lowest BCUT2D eigenvalue weighted by molar-refractivity contribution is 0.957. The van der Waals surface area contributed by atoms with E-state index < -0.39 is 0 Å². The minimum absolute atomic E-state index is 0.828. The second-order valence-electron chi connectivity index (χ2n) is 2.59. The summed E-state index contributed by atoms with van der Waals surface area (Å²) in [5.41, 5.74) is 8.67. The highest BCUT2D eigenvalue weighted by atomic mass is 14.7. The van der Waals surface area contributed by atoms with Crippen LogP contribution in [0, 0.1) is 0 Å². The fourth-order valence-corrected chi connectivity index (χ4v) is 1.04. The van der Waals surface area contributed by atoms with Crippen molar-refractivity contribution in [2.24, 2.45) is 0 Å². The third-order valence-electron chi connectivity index (χ3n) is 1.68. The first-order valence-corrected chi connectivity index (χ1v) is 4.01. The Balaban J connectivity index is 3.02. The highest BCUT2D eigenvalue weighted by molar-refractivity contribution is 5.40. The number of hydrogen-bond donors (Lipinski definition) is 1. The van der Waals surface area contributed by atoms with Crippen LogP contribution in [0.2, 0.25) is 0 Å². The number of nitrogens with zero attached hydrogens (tertiary/aromatic N) is 1. The average molecular weight is 150 g/mol. The molecule has 0 aliphatic heterocycles. The molecule has 0 aromatic carbocycles. The fraction of sp³-hybridized carbons (Fsp3) is 0.444. The maximum Gasteiger partial charge on any atom is 0.0424 e. The molecule has 2 heteroatoms. The van der Waals surface area contributed by atoms with Gasteiger partial charge in [-0.3, -0.25) is 4.98 Å². The highest BCUT2D eigenvalue weighted by Gasteiger charge is 1.96. The van der Waals surface area contributed by atoms with E-state index in [1.165, 1.54) is 0 Å². The summed E-state index contributed by atoms with van der Waals surface area (Å²) in [5.74, 6) is 0. The number of pyridine rings is 1. The molecule has 0 radical (unpaired) electrons. The van der Waals surface area contributed by atoms with Gasteiger partial charge in [0.2, 0.25) is 0 Å². The smallest absolute Gasteiger partial charge is 0.0424 e. The first-order valence-electron chi connectivity index (χ1n) is 4.01. The molecule has 1 aromatic rings. The van der Waals surface area contributed by atoms with Crippen molar-refractivity contribution in [3.05, 3.63) is 23.5 Å². The molecule has 1 heterocycles. The third kappa shape index (κ3) is 1.93. The van der Waals surface area contributed by atoms with E-state index in [2.05, 4.69) is 18.8 Å². The second-order valence-corrected chi connectivity index (χ2v) is 2.59. The number of anilines is 1. The average Bonchev–Trinajstić information content (AvgIpc) is 2.03. The van der Waals surface area contributed by atoms with Gasteiger partial charge >= 0.3 is 0 Å². The van der Waals surface area contributed by atoms with Crippen molar-refractivity contribution in [3.8, 4) is 0 Å². The van der Waals surface area contributed by atoms with Crippen molar-refractivity contribution < 1.29 is 0 Å². The van der Waals surface area contributed by atoms with Gasteiger partial charge in [-0.1, -0.05) is 13.8 Å². The highest BCUT2D eigenvalue weighted by Crippen LogP contribution is 2.08. The van der Waals surface area contributed by atoms with Gasteiger partial charge in [0, 0.05) is 17.1 Å². The zero-order chi connectivity index (χ0) is 8.27. The van der Waals surface area contributed by atoms with Crippen molar-refractivity contribution in [1.82, 2.24) is 4.98 Å². The molecule has 0 amide bonds. The van der Waals surface area contributed by atoms with E-state index in [0.717, 1.165) is 29.9 Å². The maximum atomic E-state index is 5.67. The number of nitrogens with two attached hydrogens (primary N) is 1. The maximum absolute atomic E-state index is 5.67. The molecule has 60 valence electrons. The van der Waals surface area contributed by atoms with Crippen LogP contribution in [0.3, 0.4) is 0 Å². The molecular formula is C9H14N2. The summed E-state index contributed by atoms with van der Waals surface area (Å²) in [4.78, 5) is 4.39. The molecule has 0 bridgehead atoms.